The molecule has 13 heavy (non-hydrogen) atoms. The highest BCUT2D eigenvalue weighted by Gasteiger charge is 2.33. The average Bonchev–Trinajstić information content (AvgIpc) is 2.45. The summed E-state index contributed by atoms with van der Waals surface area (Å²) in [5, 5.41) is 0. The van der Waals surface area contributed by atoms with Crippen LogP contribution in [-0.4, -0.2) is 11.0 Å². The standard InChI is InChI=1S/C10H11NO2/c1-6(2)9-8-7(10(12)13-9)4-3-5-11-8/h3-6,9H,1-2H3. The van der Waals surface area contributed by atoms with Gasteiger partial charge in [-0.3, -0.25) is 4.98 Å². The van der Waals surface area contributed by atoms with Crippen molar-refractivity contribution in [1.82, 2.24) is 4.98 Å². The highest BCUT2D eigenvalue weighted by atomic mass is 16.5. The van der Waals surface area contributed by atoms with Crippen molar-refractivity contribution < 1.29 is 9.53 Å². The molecule has 1 unspecified atom stereocenters. The second-order valence-electron chi connectivity index (χ2n) is 3.51. The van der Waals surface area contributed by atoms with E-state index < -0.39 is 0 Å². The molecule has 0 spiro atoms. The summed E-state index contributed by atoms with van der Waals surface area (Å²) in [6.07, 6.45) is 1.53. The summed E-state index contributed by atoms with van der Waals surface area (Å²) in [5.41, 5.74) is 1.39. The Hall–Kier alpha value is -1.38. The average molecular weight is 177 g/mol. The molecule has 0 saturated heterocycles. The molecule has 1 aromatic heterocycles. The summed E-state index contributed by atoms with van der Waals surface area (Å²) in [5.74, 6) is 0.0295. The number of fused-ring (bicyclic) bond motifs is 1. The number of rotatable bonds is 1. The van der Waals surface area contributed by atoms with Crippen molar-refractivity contribution in [2.24, 2.45) is 5.92 Å². The van der Waals surface area contributed by atoms with Gasteiger partial charge in [0.15, 0.2) is 0 Å². The van der Waals surface area contributed by atoms with Gasteiger partial charge in [0, 0.05) is 6.20 Å². The van der Waals surface area contributed by atoms with Crippen LogP contribution in [0, 0.1) is 5.92 Å². The van der Waals surface area contributed by atoms with E-state index in [0.29, 0.717) is 5.56 Å². The molecule has 0 radical (unpaired) electrons. The van der Waals surface area contributed by atoms with Gasteiger partial charge in [0.05, 0.1) is 11.3 Å². The zero-order valence-electron chi connectivity index (χ0n) is 7.65. The van der Waals surface area contributed by atoms with Gasteiger partial charge in [-0.1, -0.05) is 13.8 Å². The van der Waals surface area contributed by atoms with Crippen LogP contribution < -0.4 is 0 Å². The number of carbonyl (C=O) groups excluding carboxylic acids is 1. The minimum Gasteiger partial charge on any atom is -0.452 e. The summed E-state index contributed by atoms with van der Waals surface area (Å²) in [7, 11) is 0. The van der Waals surface area contributed by atoms with Crippen LogP contribution in [0.5, 0.6) is 0 Å². The summed E-state index contributed by atoms with van der Waals surface area (Å²) >= 11 is 0. The third kappa shape index (κ3) is 1.20. The molecule has 68 valence electrons. The number of carbonyl (C=O) groups is 1. The van der Waals surface area contributed by atoms with Crippen LogP contribution in [0.15, 0.2) is 18.3 Å². The van der Waals surface area contributed by atoms with Crippen LogP contribution in [0.3, 0.4) is 0 Å². The zero-order valence-corrected chi connectivity index (χ0v) is 7.65. The van der Waals surface area contributed by atoms with Crippen LogP contribution in [0.25, 0.3) is 0 Å². The smallest absolute Gasteiger partial charge is 0.340 e. The predicted molar refractivity (Wildman–Crippen MR) is 47.2 cm³/mol. The normalized spacial score (nSPS) is 20.2. The molecule has 0 bridgehead atoms. The molecule has 2 heterocycles. The third-order valence-corrected chi connectivity index (χ3v) is 2.17. The number of cyclic esters (lactones) is 1. The van der Waals surface area contributed by atoms with Crippen LogP contribution in [0.1, 0.15) is 36.0 Å². The fourth-order valence-corrected chi connectivity index (χ4v) is 1.50. The largest absolute Gasteiger partial charge is 0.452 e. The maximum absolute atomic E-state index is 11.3. The molecule has 0 fully saturated rings. The Kier molecular flexibility index (Phi) is 1.79. The molecule has 0 aromatic carbocycles. The minimum absolute atomic E-state index is 0.163. The summed E-state index contributed by atoms with van der Waals surface area (Å²) in [6.45, 7) is 4.03. The summed E-state index contributed by atoms with van der Waals surface area (Å²) in [4.78, 5) is 15.5. The Labute approximate surface area is 76.7 Å². The third-order valence-electron chi connectivity index (χ3n) is 2.17. The van der Waals surface area contributed by atoms with Crippen LogP contribution in [0.2, 0.25) is 0 Å². The highest BCUT2D eigenvalue weighted by molar-refractivity contribution is 5.93. The Morgan fingerprint density at radius 3 is 3.00 bits per heavy atom. The number of ether oxygens (including phenoxy) is 1. The summed E-state index contributed by atoms with van der Waals surface area (Å²) < 4.78 is 5.19. The molecule has 1 aliphatic heterocycles. The molecule has 0 amide bonds. The lowest BCUT2D eigenvalue weighted by Gasteiger charge is -2.12. The van der Waals surface area contributed by atoms with Gasteiger partial charge in [0.2, 0.25) is 0 Å². The van der Waals surface area contributed by atoms with E-state index >= 15 is 0 Å². The molecule has 1 aliphatic rings. The molecule has 3 nitrogen and oxygen atoms in total. The van der Waals surface area contributed by atoms with E-state index in [9.17, 15) is 4.79 Å². The minimum atomic E-state index is -0.248. The fourth-order valence-electron chi connectivity index (χ4n) is 1.50. The summed E-state index contributed by atoms with van der Waals surface area (Å²) in [6, 6.07) is 3.51. The Morgan fingerprint density at radius 2 is 2.31 bits per heavy atom. The maximum atomic E-state index is 11.3. The van der Waals surface area contributed by atoms with Crippen LogP contribution in [0.4, 0.5) is 0 Å². The number of hydrogen-bond donors (Lipinski definition) is 0. The van der Waals surface area contributed by atoms with Gasteiger partial charge < -0.3 is 4.74 Å². The first-order valence-electron chi connectivity index (χ1n) is 4.36. The van der Waals surface area contributed by atoms with Gasteiger partial charge in [-0.2, -0.15) is 0 Å². The van der Waals surface area contributed by atoms with Crippen LogP contribution >= 0.6 is 0 Å². The van der Waals surface area contributed by atoms with Crippen molar-refractivity contribution in [3.63, 3.8) is 0 Å². The topological polar surface area (TPSA) is 39.2 Å². The molecule has 2 rings (SSSR count). The second-order valence-corrected chi connectivity index (χ2v) is 3.51. The molecule has 1 aromatic rings. The van der Waals surface area contributed by atoms with E-state index in [2.05, 4.69) is 4.98 Å². The lowest BCUT2D eigenvalue weighted by Crippen LogP contribution is -2.06. The van der Waals surface area contributed by atoms with Gasteiger partial charge in [-0.15, -0.1) is 0 Å². The number of esters is 1. The Bertz CT molecular complexity index is 347. The zero-order chi connectivity index (χ0) is 9.42. The monoisotopic (exact) mass is 177 g/mol. The number of pyridine rings is 1. The van der Waals surface area contributed by atoms with E-state index in [4.69, 9.17) is 4.74 Å². The molecule has 0 saturated carbocycles. The molecule has 1 atom stereocenters. The van der Waals surface area contributed by atoms with E-state index in [1.165, 1.54) is 0 Å². The Balaban J connectivity index is 2.47. The van der Waals surface area contributed by atoms with Gasteiger partial charge in [0.1, 0.15) is 6.10 Å². The first-order valence-corrected chi connectivity index (χ1v) is 4.36. The Morgan fingerprint density at radius 1 is 1.54 bits per heavy atom. The molecular weight excluding hydrogens is 166 g/mol. The van der Waals surface area contributed by atoms with Crippen molar-refractivity contribution in [2.45, 2.75) is 20.0 Å². The first kappa shape index (κ1) is 8.23. The van der Waals surface area contributed by atoms with Gasteiger partial charge >= 0.3 is 5.97 Å². The second kappa shape index (κ2) is 2.83. The number of hydrogen-bond acceptors (Lipinski definition) is 3. The molecule has 0 N–H and O–H groups in total. The maximum Gasteiger partial charge on any atom is 0.340 e. The van der Waals surface area contributed by atoms with Crippen molar-refractivity contribution >= 4 is 5.97 Å². The van der Waals surface area contributed by atoms with E-state index in [0.717, 1.165) is 5.69 Å². The van der Waals surface area contributed by atoms with Crippen molar-refractivity contribution in [3.8, 4) is 0 Å². The quantitative estimate of drug-likeness (QED) is 0.615. The number of aromatic nitrogens is 1. The van der Waals surface area contributed by atoms with Crippen molar-refractivity contribution in [2.75, 3.05) is 0 Å². The van der Waals surface area contributed by atoms with Gasteiger partial charge in [-0.25, -0.2) is 4.79 Å². The fraction of sp³-hybridized carbons (Fsp3) is 0.400. The van der Waals surface area contributed by atoms with Gasteiger partial charge in [-0.05, 0) is 18.1 Å². The SMILES string of the molecule is CC(C)C1OC(=O)c2cccnc21. The highest BCUT2D eigenvalue weighted by Crippen LogP contribution is 2.33. The van der Waals surface area contributed by atoms with Crippen LogP contribution in [-0.2, 0) is 4.74 Å². The predicted octanol–water partition coefficient (Wildman–Crippen LogP) is 1.95. The number of nitrogens with zero attached hydrogens (tertiary/aromatic N) is 1. The first-order chi connectivity index (χ1) is 6.20. The van der Waals surface area contributed by atoms with E-state index in [1.807, 2.05) is 13.8 Å². The van der Waals surface area contributed by atoms with Crippen molar-refractivity contribution in [1.29, 1.82) is 0 Å². The lowest BCUT2D eigenvalue weighted by molar-refractivity contribution is 0.0272. The van der Waals surface area contributed by atoms with Gasteiger partial charge in [0.25, 0.3) is 0 Å². The van der Waals surface area contributed by atoms with E-state index in [1.54, 1.807) is 18.3 Å². The van der Waals surface area contributed by atoms with E-state index in [-0.39, 0.29) is 18.0 Å². The lowest BCUT2D eigenvalue weighted by atomic mass is 10.0. The molecule has 0 aliphatic carbocycles. The molecular formula is C10H11NO2. The van der Waals surface area contributed by atoms with Crippen molar-refractivity contribution in [3.05, 3.63) is 29.6 Å². The molecule has 3 heteroatoms.